The van der Waals surface area contributed by atoms with Crippen LogP contribution in [0.4, 0.5) is 4.79 Å². The molecule has 160 valence electrons. The van der Waals surface area contributed by atoms with Crippen molar-refractivity contribution in [1.82, 2.24) is 19.4 Å². The molecule has 0 unspecified atom stereocenters. The van der Waals surface area contributed by atoms with Gasteiger partial charge in [-0.3, -0.25) is 9.69 Å². The number of carbonyl (C=O) groups excluding carboxylic acids is 2. The minimum atomic E-state index is -3.54. The zero-order chi connectivity index (χ0) is 21.3. The molecule has 0 bridgehead atoms. The molecule has 2 aliphatic rings. The van der Waals surface area contributed by atoms with Crippen molar-refractivity contribution in [3.05, 3.63) is 28.3 Å². The Kier molecular flexibility index (Phi) is 6.30. The first-order valence-electron chi connectivity index (χ1n) is 10.0. The predicted octanol–water partition coefficient (Wildman–Crippen LogP) is 1.17. The number of carbonyl (C=O) groups is 2. The number of aryl methyl sites for hydroxylation is 2. The van der Waals surface area contributed by atoms with Gasteiger partial charge >= 0.3 is 6.03 Å². The number of nitrogens with zero attached hydrogens (tertiary/aromatic N) is 3. The Morgan fingerprint density at radius 1 is 0.931 bits per heavy atom. The van der Waals surface area contributed by atoms with Crippen LogP contribution in [0, 0.1) is 27.7 Å². The van der Waals surface area contributed by atoms with Gasteiger partial charge in [-0.2, -0.15) is 4.31 Å². The number of sulfonamides is 1. The first-order valence-corrected chi connectivity index (χ1v) is 11.4. The van der Waals surface area contributed by atoms with Crippen LogP contribution in [0.1, 0.15) is 28.7 Å². The summed E-state index contributed by atoms with van der Waals surface area (Å²) in [5, 5.41) is 2.51. The molecule has 0 saturated carbocycles. The highest BCUT2D eigenvalue weighted by Gasteiger charge is 2.32. The standard InChI is InChI=1S/C20H30N4O4S/c1-14-12-15(2)17(4)19(16(14)3)29(27,28)23-10-8-22(9-11-23)6-5-7-24-18(25)13-21-20(24)26/h12H,5-11,13H2,1-4H3,(H,21,26). The zero-order valence-electron chi connectivity index (χ0n) is 17.6. The van der Waals surface area contributed by atoms with Gasteiger partial charge < -0.3 is 10.2 Å². The smallest absolute Gasteiger partial charge is 0.324 e. The largest absolute Gasteiger partial charge is 0.329 e. The minimum Gasteiger partial charge on any atom is -0.329 e. The van der Waals surface area contributed by atoms with Crippen LogP contribution in [0.5, 0.6) is 0 Å². The summed E-state index contributed by atoms with van der Waals surface area (Å²) in [5.74, 6) is -0.190. The molecule has 1 aromatic rings. The molecule has 0 spiro atoms. The fraction of sp³-hybridized carbons (Fsp3) is 0.600. The van der Waals surface area contributed by atoms with E-state index in [2.05, 4.69) is 10.2 Å². The van der Waals surface area contributed by atoms with Crippen molar-refractivity contribution in [2.24, 2.45) is 0 Å². The molecule has 0 aromatic heterocycles. The third-order valence-corrected chi connectivity index (χ3v) is 8.19. The molecular weight excluding hydrogens is 392 g/mol. The third kappa shape index (κ3) is 4.31. The van der Waals surface area contributed by atoms with Crippen molar-refractivity contribution in [3.8, 4) is 0 Å². The van der Waals surface area contributed by atoms with E-state index in [-0.39, 0.29) is 18.5 Å². The highest BCUT2D eigenvalue weighted by Crippen LogP contribution is 2.29. The van der Waals surface area contributed by atoms with Gasteiger partial charge in [0.2, 0.25) is 15.9 Å². The third-order valence-electron chi connectivity index (χ3n) is 6.02. The molecule has 0 atom stereocenters. The molecule has 1 aromatic carbocycles. The average molecular weight is 423 g/mol. The first-order chi connectivity index (χ1) is 13.6. The normalized spacial score (nSPS) is 19.1. The van der Waals surface area contributed by atoms with Crippen molar-refractivity contribution in [2.75, 3.05) is 45.8 Å². The van der Waals surface area contributed by atoms with E-state index < -0.39 is 10.0 Å². The van der Waals surface area contributed by atoms with Gasteiger partial charge in [-0.25, -0.2) is 13.2 Å². The van der Waals surface area contributed by atoms with E-state index in [1.54, 1.807) is 4.31 Å². The molecule has 3 amide bonds. The van der Waals surface area contributed by atoms with E-state index >= 15 is 0 Å². The maximum absolute atomic E-state index is 13.3. The number of imide groups is 1. The molecule has 2 aliphatic heterocycles. The lowest BCUT2D eigenvalue weighted by atomic mass is 10.0. The van der Waals surface area contributed by atoms with Crippen molar-refractivity contribution < 1.29 is 18.0 Å². The summed E-state index contributed by atoms with van der Waals surface area (Å²) in [6, 6.07) is 1.71. The highest BCUT2D eigenvalue weighted by molar-refractivity contribution is 7.89. The Hall–Kier alpha value is -1.97. The van der Waals surface area contributed by atoms with Gasteiger partial charge in [-0.1, -0.05) is 6.07 Å². The number of piperazine rings is 1. The Balaban J connectivity index is 1.59. The molecule has 2 heterocycles. The molecule has 9 heteroatoms. The minimum absolute atomic E-state index is 0.0760. The lowest BCUT2D eigenvalue weighted by Gasteiger charge is -2.35. The molecule has 8 nitrogen and oxygen atoms in total. The molecule has 29 heavy (non-hydrogen) atoms. The quantitative estimate of drug-likeness (QED) is 0.695. The van der Waals surface area contributed by atoms with Gasteiger partial charge in [0.1, 0.15) is 0 Å². The Morgan fingerprint density at radius 3 is 2.03 bits per heavy atom. The van der Waals surface area contributed by atoms with E-state index in [1.807, 2.05) is 33.8 Å². The molecular formula is C20H30N4O4S. The van der Waals surface area contributed by atoms with Crippen LogP contribution in [0.15, 0.2) is 11.0 Å². The summed E-state index contributed by atoms with van der Waals surface area (Å²) in [6.45, 7) is 11.0. The Labute approximate surface area is 172 Å². The zero-order valence-corrected chi connectivity index (χ0v) is 18.4. The van der Waals surface area contributed by atoms with Crippen LogP contribution in [0.25, 0.3) is 0 Å². The van der Waals surface area contributed by atoms with Crippen molar-refractivity contribution in [3.63, 3.8) is 0 Å². The summed E-state index contributed by atoms with van der Waals surface area (Å²) < 4.78 is 28.2. The van der Waals surface area contributed by atoms with Gasteiger partial charge in [-0.15, -0.1) is 0 Å². The molecule has 1 N–H and O–H groups in total. The topological polar surface area (TPSA) is 90.0 Å². The Bertz CT molecular complexity index is 879. The van der Waals surface area contributed by atoms with E-state index in [0.29, 0.717) is 44.0 Å². The van der Waals surface area contributed by atoms with Gasteiger partial charge in [0.25, 0.3) is 0 Å². The number of benzene rings is 1. The maximum Gasteiger partial charge on any atom is 0.324 e. The van der Waals surface area contributed by atoms with Gasteiger partial charge in [0, 0.05) is 32.7 Å². The molecule has 0 aliphatic carbocycles. The second-order valence-corrected chi connectivity index (χ2v) is 9.77. The number of urea groups is 1. The van der Waals surface area contributed by atoms with Gasteiger partial charge in [0.15, 0.2) is 0 Å². The van der Waals surface area contributed by atoms with E-state index in [1.165, 1.54) is 4.90 Å². The second kappa shape index (κ2) is 8.41. The fourth-order valence-corrected chi connectivity index (χ4v) is 6.02. The van der Waals surface area contributed by atoms with Gasteiger partial charge in [-0.05, 0) is 62.9 Å². The number of hydrogen-bond acceptors (Lipinski definition) is 5. The summed E-state index contributed by atoms with van der Waals surface area (Å²) in [6.07, 6.45) is 0.682. The van der Waals surface area contributed by atoms with Gasteiger partial charge in [0.05, 0.1) is 11.4 Å². The Morgan fingerprint density at radius 2 is 1.52 bits per heavy atom. The molecule has 2 saturated heterocycles. The SMILES string of the molecule is Cc1cc(C)c(C)c(S(=O)(=O)N2CCN(CCCN3C(=O)CNC3=O)CC2)c1C. The summed E-state index contributed by atoms with van der Waals surface area (Å²) in [4.78, 5) is 27.1. The fourth-order valence-electron chi connectivity index (χ4n) is 4.02. The van der Waals surface area contributed by atoms with Crippen molar-refractivity contribution in [1.29, 1.82) is 0 Å². The molecule has 2 fully saturated rings. The summed E-state index contributed by atoms with van der Waals surface area (Å²) in [7, 11) is -3.54. The van der Waals surface area contributed by atoms with Crippen LogP contribution in [-0.4, -0.2) is 80.3 Å². The van der Waals surface area contributed by atoms with E-state index in [4.69, 9.17) is 0 Å². The predicted molar refractivity (Wildman–Crippen MR) is 110 cm³/mol. The number of hydrogen-bond donors (Lipinski definition) is 1. The number of amides is 3. The van der Waals surface area contributed by atoms with Crippen LogP contribution in [-0.2, 0) is 14.8 Å². The van der Waals surface area contributed by atoms with E-state index in [9.17, 15) is 18.0 Å². The molecule has 3 rings (SSSR count). The number of rotatable bonds is 6. The molecule has 0 radical (unpaired) electrons. The first kappa shape index (κ1) is 21.7. The maximum atomic E-state index is 13.3. The summed E-state index contributed by atoms with van der Waals surface area (Å²) >= 11 is 0. The van der Waals surface area contributed by atoms with Crippen LogP contribution < -0.4 is 5.32 Å². The lowest BCUT2D eigenvalue weighted by molar-refractivity contribution is -0.125. The van der Waals surface area contributed by atoms with Crippen LogP contribution in [0.3, 0.4) is 0 Å². The average Bonchev–Trinajstić information content (AvgIpc) is 2.99. The highest BCUT2D eigenvalue weighted by atomic mass is 32.2. The monoisotopic (exact) mass is 422 g/mol. The van der Waals surface area contributed by atoms with Crippen molar-refractivity contribution >= 4 is 22.0 Å². The number of nitrogens with one attached hydrogen (secondary N) is 1. The van der Waals surface area contributed by atoms with Crippen LogP contribution >= 0.6 is 0 Å². The van der Waals surface area contributed by atoms with E-state index in [0.717, 1.165) is 28.8 Å². The van der Waals surface area contributed by atoms with Crippen LogP contribution in [0.2, 0.25) is 0 Å². The second-order valence-electron chi connectivity index (χ2n) is 7.89. The van der Waals surface area contributed by atoms with Crippen molar-refractivity contribution in [2.45, 2.75) is 39.0 Å². The summed E-state index contributed by atoms with van der Waals surface area (Å²) in [5.41, 5.74) is 3.63. The lowest BCUT2D eigenvalue weighted by Crippen LogP contribution is -2.49.